The van der Waals surface area contributed by atoms with Crippen molar-refractivity contribution < 1.29 is 9.47 Å². The van der Waals surface area contributed by atoms with E-state index in [9.17, 15) is 0 Å². The maximum absolute atomic E-state index is 9.12. The highest BCUT2D eigenvalue weighted by atomic mass is 16.5. The second-order valence-corrected chi connectivity index (χ2v) is 4.08. The highest BCUT2D eigenvalue weighted by Gasteiger charge is 2.69. The minimum absolute atomic E-state index is 0.0191. The summed E-state index contributed by atoms with van der Waals surface area (Å²) < 4.78 is 10.7. The standard InChI is InChI=1S/C10H15NO2/c1-12-8-6-10(7-11,13-2)9(8)4-3-5-9/h8H,3-6H2,1-2H3. The lowest BCUT2D eigenvalue weighted by molar-refractivity contribution is -0.265. The van der Waals surface area contributed by atoms with Crippen molar-refractivity contribution in [1.29, 1.82) is 5.26 Å². The van der Waals surface area contributed by atoms with Crippen LogP contribution < -0.4 is 0 Å². The van der Waals surface area contributed by atoms with Gasteiger partial charge in [0, 0.05) is 26.1 Å². The molecule has 0 N–H and O–H groups in total. The van der Waals surface area contributed by atoms with Gasteiger partial charge in [-0.2, -0.15) is 5.26 Å². The molecule has 0 heterocycles. The van der Waals surface area contributed by atoms with Gasteiger partial charge in [-0.3, -0.25) is 0 Å². The van der Waals surface area contributed by atoms with E-state index in [0.717, 1.165) is 19.3 Å². The number of nitrogens with zero attached hydrogens (tertiary/aromatic N) is 1. The van der Waals surface area contributed by atoms with Crippen molar-refractivity contribution in [2.24, 2.45) is 5.41 Å². The third-order valence-corrected chi connectivity index (χ3v) is 3.95. The van der Waals surface area contributed by atoms with E-state index in [1.165, 1.54) is 6.42 Å². The van der Waals surface area contributed by atoms with Crippen LogP contribution in [0.4, 0.5) is 0 Å². The van der Waals surface area contributed by atoms with Crippen LogP contribution in [0.15, 0.2) is 0 Å². The van der Waals surface area contributed by atoms with Gasteiger partial charge in [0.15, 0.2) is 5.60 Å². The minimum atomic E-state index is -0.550. The number of ether oxygens (including phenoxy) is 2. The van der Waals surface area contributed by atoms with E-state index in [1.807, 2.05) is 0 Å². The Labute approximate surface area is 78.6 Å². The number of hydrogen-bond acceptors (Lipinski definition) is 3. The van der Waals surface area contributed by atoms with Crippen molar-refractivity contribution in [2.75, 3.05) is 14.2 Å². The fourth-order valence-electron chi connectivity index (χ4n) is 2.87. The van der Waals surface area contributed by atoms with Gasteiger partial charge >= 0.3 is 0 Å². The summed E-state index contributed by atoms with van der Waals surface area (Å²) in [6.45, 7) is 0. The van der Waals surface area contributed by atoms with Crippen LogP contribution in [0.25, 0.3) is 0 Å². The van der Waals surface area contributed by atoms with Crippen molar-refractivity contribution in [1.82, 2.24) is 0 Å². The van der Waals surface area contributed by atoms with Crippen molar-refractivity contribution >= 4 is 0 Å². The van der Waals surface area contributed by atoms with Crippen molar-refractivity contribution in [2.45, 2.75) is 37.4 Å². The second kappa shape index (κ2) is 2.70. The largest absolute Gasteiger partial charge is 0.381 e. The lowest BCUT2D eigenvalue weighted by atomic mass is 9.45. The molecule has 0 aromatic heterocycles. The Morgan fingerprint density at radius 2 is 2.08 bits per heavy atom. The molecule has 0 aromatic rings. The molecule has 2 unspecified atom stereocenters. The molecule has 72 valence electrons. The van der Waals surface area contributed by atoms with E-state index >= 15 is 0 Å². The topological polar surface area (TPSA) is 42.2 Å². The van der Waals surface area contributed by atoms with Gasteiger partial charge in [0.1, 0.15) is 0 Å². The fourth-order valence-corrected chi connectivity index (χ4v) is 2.87. The van der Waals surface area contributed by atoms with Gasteiger partial charge in [-0.25, -0.2) is 0 Å². The molecule has 2 aliphatic carbocycles. The summed E-state index contributed by atoms with van der Waals surface area (Å²) in [5, 5.41) is 9.12. The maximum Gasteiger partial charge on any atom is 0.164 e. The van der Waals surface area contributed by atoms with Crippen LogP contribution in [-0.2, 0) is 9.47 Å². The molecule has 2 atom stereocenters. The molecule has 1 spiro atoms. The first kappa shape index (κ1) is 8.98. The zero-order valence-electron chi connectivity index (χ0n) is 8.17. The molecule has 0 bridgehead atoms. The van der Waals surface area contributed by atoms with E-state index in [2.05, 4.69) is 6.07 Å². The molecule has 2 aliphatic rings. The predicted octanol–water partition coefficient (Wildman–Crippen LogP) is 1.48. The number of nitriles is 1. The Bertz CT molecular complexity index is 254. The summed E-state index contributed by atoms with van der Waals surface area (Å²) >= 11 is 0. The summed E-state index contributed by atoms with van der Waals surface area (Å²) in [4.78, 5) is 0. The van der Waals surface area contributed by atoms with Gasteiger partial charge in [-0.05, 0) is 12.8 Å². The number of methoxy groups -OCH3 is 2. The quantitative estimate of drug-likeness (QED) is 0.648. The molecule has 0 saturated heterocycles. The molecule has 2 fully saturated rings. The lowest BCUT2D eigenvalue weighted by Crippen LogP contribution is -2.70. The van der Waals surface area contributed by atoms with Gasteiger partial charge in [0.05, 0.1) is 12.2 Å². The summed E-state index contributed by atoms with van der Waals surface area (Å²) in [6, 6.07) is 2.32. The van der Waals surface area contributed by atoms with E-state index in [0.29, 0.717) is 0 Å². The SMILES string of the molecule is COC1CC(C#N)(OC)C12CCC2. The third kappa shape index (κ3) is 0.806. The van der Waals surface area contributed by atoms with Crippen LogP contribution in [0.3, 0.4) is 0 Å². The first-order valence-corrected chi connectivity index (χ1v) is 4.74. The average molecular weight is 181 g/mol. The molecule has 13 heavy (non-hydrogen) atoms. The Morgan fingerprint density at radius 1 is 1.38 bits per heavy atom. The van der Waals surface area contributed by atoms with Crippen molar-refractivity contribution in [3.8, 4) is 6.07 Å². The summed E-state index contributed by atoms with van der Waals surface area (Å²) in [6.07, 6.45) is 4.32. The van der Waals surface area contributed by atoms with Crippen LogP contribution in [-0.4, -0.2) is 25.9 Å². The first-order chi connectivity index (χ1) is 6.24. The summed E-state index contributed by atoms with van der Waals surface area (Å²) in [5.74, 6) is 0. The maximum atomic E-state index is 9.12. The fraction of sp³-hybridized carbons (Fsp3) is 0.900. The molecule has 0 radical (unpaired) electrons. The monoisotopic (exact) mass is 181 g/mol. The molecule has 0 aliphatic heterocycles. The van der Waals surface area contributed by atoms with Crippen LogP contribution >= 0.6 is 0 Å². The van der Waals surface area contributed by atoms with Crippen LogP contribution in [0.5, 0.6) is 0 Å². The molecule has 3 heteroatoms. The van der Waals surface area contributed by atoms with Gasteiger partial charge in [-0.1, -0.05) is 6.42 Å². The predicted molar refractivity (Wildman–Crippen MR) is 47.1 cm³/mol. The zero-order valence-corrected chi connectivity index (χ0v) is 8.17. The Balaban J connectivity index is 2.22. The highest BCUT2D eigenvalue weighted by Crippen LogP contribution is 2.64. The van der Waals surface area contributed by atoms with Crippen LogP contribution in [0.2, 0.25) is 0 Å². The number of rotatable bonds is 2. The van der Waals surface area contributed by atoms with Gasteiger partial charge in [-0.15, -0.1) is 0 Å². The van der Waals surface area contributed by atoms with Crippen LogP contribution in [0.1, 0.15) is 25.7 Å². The molecule has 0 aromatic carbocycles. The molecule has 0 amide bonds. The molecular formula is C10H15NO2. The summed E-state index contributed by atoms with van der Waals surface area (Å²) in [7, 11) is 3.36. The van der Waals surface area contributed by atoms with E-state index < -0.39 is 5.60 Å². The van der Waals surface area contributed by atoms with E-state index in [-0.39, 0.29) is 11.5 Å². The van der Waals surface area contributed by atoms with Gasteiger partial charge in [0.25, 0.3) is 0 Å². The van der Waals surface area contributed by atoms with Gasteiger partial charge < -0.3 is 9.47 Å². The molecule has 2 rings (SSSR count). The third-order valence-electron chi connectivity index (χ3n) is 3.95. The molecule has 3 nitrogen and oxygen atoms in total. The first-order valence-electron chi connectivity index (χ1n) is 4.74. The average Bonchev–Trinajstić information content (AvgIpc) is 2.03. The van der Waals surface area contributed by atoms with E-state index in [1.54, 1.807) is 14.2 Å². The Hall–Kier alpha value is -0.590. The smallest absolute Gasteiger partial charge is 0.164 e. The van der Waals surface area contributed by atoms with Gasteiger partial charge in [0.2, 0.25) is 0 Å². The van der Waals surface area contributed by atoms with E-state index in [4.69, 9.17) is 14.7 Å². The minimum Gasteiger partial charge on any atom is -0.381 e. The second-order valence-electron chi connectivity index (χ2n) is 4.08. The lowest BCUT2D eigenvalue weighted by Gasteiger charge is -2.63. The zero-order chi connectivity index (χ0) is 9.53. The highest BCUT2D eigenvalue weighted by molar-refractivity contribution is 5.27. The van der Waals surface area contributed by atoms with Crippen molar-refractivity contribution in [3.63, 3.8) is 0 Å². The normalized spacial score (nSPS) is 40.5. The number of hydrogen-bond donors (Lipinski definition) is 0. The van der Waals surface area contributed by atoms with Crippen LogP contribution in [0, 0.1) is 16.7 Å². The Kier molecular flexibility index (Phi) is 1.86. The van der Waals surface area contributed by atoms with Crippen molar-refractivity contribution in [3.05, 3.63) is 0 Å². The molecular weight excluding hydrogens is 166 g/mol. The Morgan fingerprint density at radius 3 is 2.38 bits per heavy atom. The molecule has 2 saturated carbocycles. The summed E-state index contributed by atoms with van der Waals surface area (Å²) in [5.41, 5.74) is -0.531.